The lowest BCUT2D eigenvalue weighted by atomic mass is 9.87. The lowest BCUT2D eigenvalue weighted by molar-refractivity contribution is 0.0600. The van der Waals surface area contributed by atoms with Gasteiger partial charge in [-0.15, -0.1) is 0 Å². The standard InChI is InChI=1S/C20H25NO4/c1-20(2,3)15-6-8-16(9-7-15)24-11-12-25-18-13-14(19(22)23-4)5-10-17(18)21/h5-10,13H,11-12,21H2,1-4H3. The molecule has 0 bridgehead atoms. The third-order valence-electron chi connectivity index (χ3n) is 3.76. The zero-order chi connectivity index (χ0) is 18.4. The number of nitrogen functional groups attached to an aromatic ring is 1. The van der Waals surface area contributed by atoms with Gasteiger partial charge in [-0.25, -0.2) is 4.79 Å². The van der Waals surface area contributed by atoms with Gasteiger partial charge >= 0.3 is 5.97 Å². The van der Waals surface area contributed by atoms with Crippen LogP contribution in [0.15, 0.2) is 42.5 Å². The summed E-state index contributed by atoms with van der Waals surface area (Å²) >= 11 is 0. The summed E-state index contributed by atoms with van der Waals surface area (Å²) in [6.45, 7) is 7.20. The molecule has 2 aromatic rings. The van der Waals surface area contributed by atoms with Crippen molar-refractivity contribution in [1.29, 1.82) is 0 Å². The van der Waals surface area contributed by atoms with Crippen molar-refractivity contribution in [2.24, 2.45) is 0 Å². The van der Waals surface area contributed by atoms with Gasteiger partial charge in [-0.2, -0.15) is 0 Å². The first-order chi connectivity index (χ1) is 11.8. The monoisotopic (exact) mass is 343 g/mol. The molecule has 134 valence electrons. The molecule has 0 unspecified atom stereocenters. The van der Waals surface area contributed by atoms with Crippen LogP contribution in [0, 0.1) is 0 Å². The highest BCUT2D eigenvalue weighted by molar-refractivity contribution is 5.90. The first kappa shape index (κ1) is 18.6. The predicted octanol–water partition coefficient (Wildman–Crippen LogP) is 3.81. The lowest BCUT2D eigenvalue weighted by Crippen LogP contribution is -2.12. The molecule has 0 amide bonds. The van der Waals surface area contributed by atoms with Gasteiger partial charge < -0.3 is 19.9 Å². The Kier molecular flexibility index (Phi) is 5.91. The number of anilines is 1. The molecule has 0 aliphatic rings. The minimum atomic E-state index is -0.431. The van der Waals surface area contributed by atoms with E-state index in [1.54, 1.807) is 18.2 Å². The van der Waals surface area contributed by atoms with Crippen LogP contribution in [-0.4, -0.2) is 26.3 Å². The molecule has 2 N–H and O–H groups in total. The Hall–Kier alpha value is -2.69. The van der Waals surface area contributed by atoms with Crippen LogP contribution in [0.2, 0.25) is 0 Å². The molecule has 25 heavy (non-hydrogen) atoms. The topological polar surface area (TPSA) is 70.8 Å². The number of benzene rings is 2. The fourth-order valence-corrected chi connectivity index (χ4v) is 2.27. The maximum Gasteiger partial charge on any atom is 0.337 e. The number of esters is 1. The van der Waals surface area contributed by atoms with Crippen molar-refractivity contribution in [3.8, 4) is 11.5 Å². The third kappa shape index (κ3) is 5.14. The molecule has 0 radical (unpaired) electrons. The number of nitrogens with two attached hydrogens (primary N) is 1. The first-order valence-electron chi connectivity index (χ1n) is 8.15. The van der Waals surface area contributed by atoms with Crippen LogP contribution in [-0.2, 0) is 10.2 Å². The molecule has 0 spiro atoms. The summed E-state index contributed by atoms with van der Waals surface area (Å²) < 4.78 is 16.0. The van der Waals surface area contributed by atoms with Crippen molar-refractivity contribution in [3.63, 3.8) is 0 Å². The first-order valence-corrected chi connectivity index (χ1v) is 8.15. The maximum absolute atomic E-state index is 11.5. The van der Waals surface area contributed by atoms with Crippen molar-refractivity contribution >= 4 is 11.7 Å². The number of rotatable bonds is 6. The number of ether oxygens (including phenoxy) is 3. The van der Waals surface area contributed by atoms with Crippen molar-refractivity contribution in [1.82, 2.24) is 0 Å². The van der Waals surface area contributed by atoms with Crippen LogP contribution >= 0.6 is 0 Å². The van der Waals surface area contributed by atoms with E-state index in [1.807, 2.05) is 12.1 Å². The average molecular weight is 343 g/mol. The maximum atomic E-state index is 11.5. The molecule has 2 rings (SSSR count). The van der Waals surface area contributed by atoms with E-state index in [9.17, 15) is 4.79 Å². The molecule has 0 aliphatic carbocycles. The smallest absolute Gasteiger partial charge is 0.337 e. The molecular formula is C20H25NO4. The summed E-state index contributed by atoms with van der Waals surface area (Å²) in [7, 11) is 1.33. The van der Waals surface area contributed by atoms with Gasteiger partial charge in [0, 0.05) is 0 Å². The van der Waals surface area contributed by atoms with Crippen LogP contribution in [0.5, 0.6) is 11.5 Å². The Bertz CT molecular complexity index is 717. The van der Waals surface area contributed by atoms with E-state index < -0.39 is 5.97 Å². The van der Waals surface area contributed by atoms with Gasteiger partial charge in [0.1, 0.15) is 24.7 Å². The van der Waals surface area contributed by atoms with Crippen LogP contribution in [0.1, 0.15) is 36.7 Å². The second-order valence-electron chi connectivity index (χ2n) is 6.72. The normalized spacial score (nSPS) is 11.0. The molecule has 0 saturated heterocycles. The summed E-state index contributed by atoms with van der Waals surface area (Å²) in [4.78, 5) is 11.5. The molecule has 0 saturated carbocycles. The van der Waals surface area contributed by atoms with Gasteiger partial charge in [0.25, 0.3) is 0 Å². The van der Waals surface area contributed by atoms with Crippen molar-refractivity contribution < 1.29 is 19.0 Å². The number of carbonyl (C=O) groups excluding carboxylic acids is 1. The minimum Gasteiger partial charge on any atom is -0.490 e. The van der Waals surface area contributed by atoms with E-state index in [0.717, 1.165) is 5.75 Å². The summed E-state index contributed by atoms with van der Waals surface area (Å²) in [6, 6.07) is 12.8. The zero-order valence-electron chi connectivity index (χ0n) is 15.2. The third-order valence-corrected chi connectivity index (χ3v) is 3.76. The largest absolute Gasteiger partial charge is 0.490 e. The Morgan fingerprint density at radius 3 is 2.24 bits per heavy atom. The van der Waals surface area contributed by atoms with E-state index in [2.05, 4.69) is 37.6 Å². The summed E-state index contributed by atoms with van der Waals surface area (Å²) in [5.74, 6) is 0.794. The van der Waals surface area contributed by atoms with E-state index in [4.69, 9.17) is 15.2 Å². The SMILES string of the molecule is COC(=O)c1ccc(N)c(OCCOc2ccc(C(C)(C)C)cc2)c1. The van der Waals surface area contributed by atoms with Crippen molar-refractivity contribution in [2.75, 3.05) is 26.1 Å². The second kappa shape index (κ2) is 7.92. The predicted molar refractivity (Wildman–Crippen MR) is 98.3 cm³/mol. The Labute approximate surface area is 148 Å². The molecule has 0 fully saturated rings. The second-order valence-corrected chi connectivity index (χ2v) is 6.72. The Morgan fingerprint density at radius 1 is 1.00 bits per heavy atom. The molecule has 0 aromatic heterocycles. The highest BCUT2D eigenvalue weighted by atomic mass is 16.5. The molecule has 5 nitrogen and oxygen atoms in total. The van der Waals surface area contributed by atoms with Gasteiger partial charge in [0.2, 0.25) is 0 Å². The lowest BCUT2D eigenvalue weighted by Gasteiger charge is -2.19. The number of methoxy groups -OCH3 is 1. The Morgan fingerprint density at radius 2 is 1.64 bits per heavy atom. The highest BCUT2D eigenvalue weighted by Gasteiger charge is 2.13. The molecule has 0 heterocycles. The number of hydrogen-bond acceptors (Lipinski definition) is 5. The molecular weight excluding hydrogens is 318 g/mol. The van der Waals surface area contributed by atoms with E-state index in [-0.39, 0.29) is 5.41 Å². The van der Waals surface area contributed by atoms with Gasteiger partial charge in [-0.1, -0.05) is 32.9 Å². The van der Waals surface area contributed by atoms with Gasteiger partial charge in [-0.05, 0) is 41.3 Å². The summed E-state index contributed by atoms with van der Waals surface area (Å²) in [5, 5.41) is 0. The summed E-state index contributed by atoms with van der Waals surface area (Å²) in [5.41, 5.74) is 8.09. The van der Waals surface area contributed by atoms with Gasteiger partial charge in [0.05, 0.1) is 18.4 Å². The summed E-state index contributed by atoms with van der Waals surface area (Å²) in [6.07, 6.45) is 0. The fourth-order valence-electron chi connectivity index (χ4n) is 2.27. The van der Waals surface area contributed by atoms with Crippen LogP contribution < -0.4 is 15.2 Å². The van der Waals surface area contributed by atoms with E-state index in [1.165, 1.54) is 12.7 Å². The van der Waals surface area contributed by atoms with Gasteiger partial charge in [0.15, 0.2) is 0 Å². The van der Waals surface area contributed by atoms with Crippen molar-refractivity contribution in [3.05, 3.63) is 53.6 Å². The highest BCUT2D eigenvalue weighted by Crippen LogP contribution is 2.25. The van der Waals surface area contributed by atoms with Crippen molar-refractivity contribution in [2.45, 2.75) is 26.2 Å². The number of hydrogen-bond donors (Lipinski definition) is 1. The molecule has 2 aromatic carbocycles. The molecule has 5 heteroatoms. The van der Waals surface area contributed by atoms with Gasteiger partial charge in [-0.3, -0.25) is 0 Å². The van der Waals surface area contributed by atoms with E-state index in [0.29, 0.717) is 30.2 Å². The van der Waals surface area contributed by atoms with Crippen LogP contribution in [0.4, 0.5) is 5.69 Å². The van der Waals surface area contributed by atoms with E-state index >= 15 is 0 Å². The fraction of sp³-hybridized carbons (Fsp3) is 0.350. The molecule has 0 atom stereocenters. The number of carbonyl (C=O) groups is 1. The average Bonchev–Trinajstić information content (AvgIpc) is 2.59. The zero-order valence-corrected chi connectivity index (χ0v) is 15.2. The minimum absolute atomic E-state index is 0.115. The molecule has 0 aliphatic heterocycles. The quantitative estimate of drug-likeness (QED) is 0.490. The van der Waals surface area contributed by atoms with Crippen LogP contribution in [0.3, 0.4) is 0 Å². The Balaban J connectivity index is 1.88. The van der Waals surface area contributed by atoms with Crippen LogP contribution in [0.25, 0.3) is 0 Å².